The Labute approximate surface area is 144 Å². The van der Waals surface area contributed by atoms with Crippen molar-refractivity contribution in [1.82, 2.24) is 0 Å². The average molecular weight is 357 g/mol. The van der Waals surface area contributed by atoms with Crippen LogP contribution in [0.15, 0.2) is 72.8 Å². The lowest BCUT2D eigenvalue weighted by atomic mass is 10.0. The number of para-hydroxylation sites is 1. The molecule has 0 aromatic heterocycles. The van der Waals surface area contributed by atoms with E-state index in [9.17, 15) is 9.67 Å². The minimum atomic E-state index is -3.57. The molecule has 3 aromatic carbocycles. The first-order valence-electron chi connectivity index (χ1n) is 7.51. The van der Waals surface area contributed by atoms with Gasteiger partial charge in [-0.2, -0.15) is 0 Å². The monoisotopic (exact) mass is 356 g/mol. The van der Waals surface area contributed by atoms with E-state index >= 15 is 0 Å². The third-order valence-electron chi connectivity index (χ3n) is 4.12. The summed E-state index contributed by atoms with van der Waals surface area (Å²) in [5.41, 5.74) is 2.17. The SMILES string of the molecule is O=P1(C(O)c2cccc(Cl)c2)Oc2ccccc2-c2ccccc21. The van der Waals surface area contributed by atoms with Crippen molar-refractivity contribution in [2.24, 2.45) is 0 Å². The Hall–Kier alpha value is -2.06. The van der Waals surface area contributed by atoms with E-state index in [4.69, 9.17) is 16.1 Å². The summed E-state index contributed by atoms with van der Waals surface area (Å²) in [6.07, 6.45) is 0. The molecule has 1 aliphatic rings. The Morgan fingerprint density at radius 1 is 0.917 bits per heavy atom. The third-order valence-corrected chi connectivity index (χ3v) is 6.83. The van der Waals surface area contributed by atoms with Crippen LogP contribution in [0.1, 0.15) is 11.4 Å². The zero-order valence-electron chi connectivity index (χ0n) is 12.6. The van der Waals surface area contributed by atoms with Gasteiger partial charge >= 0.3 is 7.37 Å². The molecule has 2 atom stereocenters. The van der Waals surface area contributed by atoms with Crippen LogP contribution in [0, 0.1) is 0 Å². The first kappa shape index (κ1) is 15.5. The summed E-state index contributed by atoms with van der Waals surface area (Å²) < 4.78 is 19.6. The van der Waals surface area contributed by atoms with E-state index in [2.05, 4.69) is 0 Å². The van der Waals surface area contributed by atoms with Crippen LogP contribution in [0.2, 0.25) is 5.02 Å². The third kappa shape index (κ3) is 2.37. The van der Waals surface area contributed by atoms with E-state index < -0.39 is 13.2 Å². The molecule has 3 nitrogen and oxygen atoms in total. The number of halogens is 1. The van der Waals surface area contributed by atoms with E-state index in [0.717, 1.165) is 11.1 Å². The maximum Gasteiger partial charge on any atom is 0.310 e. The Kier molecular flexibility index (Phi) is 3.73. The van der Waals surface area contributed by atoms with E-state index in [1.807, 2.05) is 30.3 Å². The van der Waals surface area contributed by atoms with Crippen molar-refractivity contribution >= 4 is 24.3 Å². The molecule has 0 spiro atoms. The van der Waals surface area contributed by atoms with Gasteiger partial charge in [-0.15, -0.1) is 0 Å². The molecule has 0 saturated heterocycles. The number of aliphatic hydroxyl groups excluding tert-OH is 1. The number of hydrogen-bond acceptors (Lipinski definition) is 3. The molecule has 3 aromatic rings. The molecular formula is C19H14ClO3P. The zero-order valence-corrected chi connectivity index (χ0v) is 14.2. The second-order valence-electron chi connectivity index (χ2n) is 5.63. The minimum absolute atomic E-state index is 0.472. The summed E-state index contributed by atoms with van der Waals surface area (Å²) in [7, 11) is -3.57. The average Bonchev–Trinajstić information content (AvgIpc) is 2.61. The summed E-state index contributed by atoms with van der Waals surface area (Å²) in [5.74, 6) is -0.772. The van der Waals surface area contributed by atoms with Gasteiger partial charge in [0.25, 0.3) is 0 Å². The molecule has 0 aliphatic carbocycles. The van der Waals surface area contributed by atoms with Crippen LogP contribution in [0.5, 0.6) is 5.75 Å². The second kappa shape index (κ2) is 5.78. The molecule has 1 heterocycles. The minimum Gasteiger partial charge on any atom is -0.437 e. The van der Waals surface area contributed by atoms with Crippen LogP contribution < -0.4 is 9.83 Å². The van der Waals surface area contributed by atoms with Crippen molar-refractivity contribution < 1.29 is 14.2 Å². The van der Waals surface area contributed by atoms with Crippen molar-refractivity contribution in [3.8, 4) is 16.9 Å². The Morgan fingerprint density at radius 2 is 1.62 bits per heavy atom. The summed E-state index contributed by atoms with van der Waals surface area (Å²) in [6.45, 7) is 0. The molecule has 1 N–H and O–H groups in total. The summed E-state index contributed by atoms with van der Waals surface area (Å²) in [6, 6.07) is 21.5. The van der Waals surface area contributed by atoms with Crippen LogP contribution in [-0.4, -0.2) is 5.11 Å². The van der Waals surface area contributed by atoms with Gasteiger partial charge in [0.2, 0.25) is 0 Å². The van der Waals surface area contributed by atoms with Gasteiger partial charge in [0.05, 0.1) is 5.30 Å². The van der Waals surface area contributed by atoms with Crippen LogP contribution in [0.4, 0.5) is 0 Å². The lowest BCUT2D eigenvalue weighted by molar-refractivity contribution is 0.240. The van der Waals surface area contributed by atoms with E-state index in [1.165, 1.54) is 0 Å². The topological polar surface area (TPSA) is 46.5 Å². The smallest absolute Gasteiger partial charge is 0.310 e. The van der Waals surface area contributed by atoms with E-state index in [0.29, 0.717) is 21.6 Å². The molecule has 0 bridgehead atoms. The lowest BCUT2D eigenvalue weighted by Crippen LogP contribution is -2.22. The van der Waals surface area contributed by atoms with Crippen molar-refractivity contribution in [1.29, 1.82) is 0 Å². The fourth-order valence-electron chi connectivity index (χ4n) is 2.98. The number of aliphatic hydroxyl groups is 1. The number of hydrogen-bond donors (Lipinski definition) is 1. The van der Waals surface area contributed by atoms with Gasteiger partial charge in [-0.25, -0.2) is 0 Å². The highest BCUT2D eigenvalue weighted by atomic mass is 35.5. The first-order chi connectivity index (χ1) is 11.6. The van der Waals surface area contributed by atoms with Gasteiger partial charge in [-0.1, -0.05) is 60.1 Å². The summed E-state index contributed by atoms with van der Waals surface area (Å²) in [4.78, 5) is 0. The highest BCUT2D eigenvalue weighted by molar-refractivity contribution is 7.68. The summed E-state index contributed by atoms with van der Waals surface area (Å²) in [5, 5.41) is 11.9. The van der Waals surface area contributed by atoms with Gasteiger partial charge in [0, 0.05) is 10.6 Å². The van der Waals surface area contributed by atoms with E-state index in [-0.39, 0.29) is 0 Å². The van der Waals surface area contributed by atoms with Gasteiger partial charge in [-0.05, 0) is 35.4 Å². The maximum atomic E-state index is 13.7. The lowest BCUT2D eigenvalue weighted by Gasteiger charge is -2.31. The molecule has 0 saturated carbocycles. The highest BCUT2D eigenvalue weighted by Crippen LogP contribution is 2.62. The highest BCUT2D eigenvalue weighted by Gasteiger charge is 2.43. The summed E-state index contributed by atoms with van der Waals surface area (Å²) >= 11 is 6.01. The first-order valence-corrected chi connectivity index (χ1v) is 9.58. The largest absolute Gasteiger partial charge is 0.437 e. The van der Waals surface area contributed by atoms with Crippen molar-refractivity contribution in [2.75, 3.05) is 0 Å². The molecule has 24 heavy (non-hydrogen) atoms. The molecule has 5 heteroatoms. The maximum absolute atomic E-state index is 13.7. The molecule has 0 fully saturated rings. The van der Waals surface area contributed by atoms with Gasteiger partial charge in [0.15, 0.2) is 5.85 Å². The normalized spacial score (nSPS) is 19.8. The predicted molar refractivity (Wildman–Crippen MR) is 96.2 cm³/mol. The fraction of sp³-hybridized carbons (Fsp3) is 0.0526. The predicted octanol–water partition coefficient (Wildman–Crippen LogP) is 4.99. The number of rotatable bonds is 2. The number of benzene rings is 3. The Balaban J connectivity index is 1.91. The molecule has 0 amide bonds. The van der Waals surface area contributed by atoms with Gasteiger partial charge in [0.1, 0.15) is 5.75 Å². The number of fused-ring (bicyclic) bond motifs is 3. The van der Waals surface area contributed by atoms with Crippen LogP contribution >= 0.6 is 19.0 Å². The van der Waals surface area contributed by atoms with Gasteiger partial charge in [-0.3, -0.25) is 4.57 Å². The Morgan fingerprint density at radius 3 is 2.42 bits per heavy atom. The van der Waals surface area contributed by atoms with Gasteiger partial charge < -0.3 is 9.63 Å². The van der Waals surface area contributed by atoms with Crippen LogP contribution in [0.25, 0.3) is 11.1 Å². The standard InChI is InChI=1S/C19H14ClO3P/c20-14-7-5-6-13(12-14)19(21)24(22)18-11-4-2-9-16(18)15-8-1-3-10-17(15)23-24/h1-12,19,21H. The fourth-order valence-corrected chi connectivity index (χ4v) is 5.47. The van der Waals surface area contributed by atoms with Crippen molar-refractivity contribution in [3.63, 3.8) is 0 Å². The quantitative estimate of drug-likeness (QED) is 0.658. The molecule has 4 rings (SSSR count). The van der Waals surface area contributed by atoms with E-state index in [1.54, 1.807) is 42.5 Å². The Bertz CT molecular complexity index is 970. The molecule has 2 unspecified atom stereocenters. The zero-order chi connectivity index (χ0) is 16.7. The van der Waals surface area contributed by atoms with Crippen molar-refractivity contribution in [3.05, 3.63) is 83.4 Å². The second-order valence-corrected chi connectivity index (χ2v) is 8.41. The van der Waals surface area contributed by atoms with Crippen LogP contribution in [-0.2, 0) is 4.57 Å². The molecule has 1 aliphatic heterocycles. The van der Waals surface area contributed by atoms with Crippen molar-refractivity contribution in [2.45, 2.75) is 5.85 Å². The molecular weight excluding hydrogens is 343 g/mol. The molecule has 120 valence electrons. The molecule has 0 radical (unpaired) electrons. The van der Waals surface area contributed by atoms with Crippen LogP contribution in [0.3, 0.4) is 0 Å².